The van der Waals surface area contributed by atoms with Crippen LogP contribution in [0.1, 0.15) is 24.6 Å². The lowest BCUT2D eigenvalue weighted by molar-refractivity contribution is 0.627. The monoisotopic (exact) mass is 264 g/mol. The van der Waals surface area contributed by atoms with Crippen LogP contribution in [0.4, 0.5) is 4.39 Å². The molecule has 0 aliphatic heterocycles. The molecule has 0 spiro atoms. The number of rotatable bonds is 3. The highest BCUT2D eigenvalue weighted by Crippen LogP contribution is 2.21. The van der Waals surface area contributed by atoms with E-state index in [0.29, 0.717) is 16.5 Å². The van der Waals surface area contributed by atoms with E-state index >= 15 is 0 Å². The first-order chi connectivity index (χ1) is 8.58. The van der Waals surface area contributed by atoms with Crippen LogP contribution in [-0.4, -0.2) is 9.97 Å². The number of hydrogen-bond acceptors (Lipinski definition) is 2. The molecule has 1 heterocycles. The molecule has 0 fully saturated rings. The minimum absolute atomic E-state index is 0.286. The molecule has 0 saturated heterocycles. The Morgan fingerprint density at radius 2 is 1.94 bits per heavy atom. The third kappa shape index (κ3) is 3.05. The summed E-state index contributed by atoms with van der Waals surface area (Å²) in [4.78, 5) is 8.57. The maximum absolute atomic E-state index is 13.4. The van der Waals surface area contributed by atoms with Crippen LogP contribution in [-0.2, 0) is 6.42 Å². The van der Waals surface area contributed by atoms with E-state index in [0.717, 1.165) is 24.1 Å². The van der Waals surface area contributed by atoms with Gasteiger partial charge in [-0.25, -0.2) is 14.4 Å². The summed E-state index contributed by atoms with van der Waals surface area (Å²) in [5.41, 5.74) is 2.38. The molecule has 0 atom stereocenters. The second-order valence-corrected chi connectivity index (χ2v) is 4.66. The van der Waals surface area contributed by atoms with Gasteiger partial charge in [-0.15, -0.1) is 0 Å². The van der Waals surface area contributed by atoms with Crippen molar-refractivity contribution in [1.29, 1.82) is 0 Å². The quantitative estimate of drug-likeness (QED) is 0.777. The first-order valence-corrected chi connectivity index (χ1v) is 6.27. The first-order valence-electron chi connectivity index (χ1n) is 5.89. The normalized spacial score (nSPS) is 10.7. The summed E-state index contributed by atoms with van der Waals surface area (Å²) in [6.45, 7) is 3.91. The van der Waals surface area contributed by atoms with Crippen molar-refractivity contribution in [3.63, 3.8) is 0 Å². The summed E-state index contributed by atoms with van der Waals surface area (Å²) in [5, 5.41) is 0.394. The van der Waals surface area contributed by atoms with Gasteiger partial charge < -0.3 is 0 Å². The average Bonchev–Trinajstić information content (AvgIpc) is 2.27. The Balaban J connectivity index is 2.49. The van der Waals surface area contributed by atoms with Gasteiger partial charge in [-0.2, -0.15) is 0 Å². The third-order valence-corrected chi connectivity index (χ3v) is 2.75. The van der Waals surface area contributed by atoms with Gasteiger partial charge in [-0.3, -0.25) is 0 Å². The molecule has 2 rings (SSSR count). The molecule has 0 N–H and O–H groups in total. The Kier molecular flexibility index (Phi) is 3.92. The van der Waals surface area contributed by atoms with Crippen molar-refractivity contribution < 1.29 is 4.39 Å². The zero-order chi connectivity index (χ0) is 13.1. The molecule has 0 radical (unpaired) electrons. The van der Waals surface area contributed by atoms with Crippen molar-refractivity contribution >= 4 is 11.6 Å². The first kappa shape index (κ1) is 13.0. The van der Waals surface area contributed by atoms with Gasteiger partial charge in [0.05, 0.1) is 0 Å². The van der Waals surface area contributed by atoms with Gasteiger partial charge in [-0.05, 0) is 43.2 Å². The van der Waals surface area contributed by atoms with E-state index in [1.165, 1.54) is 12.1 Å². The molecule has 0 aliphatic rings. The molecule has 1 aromatic carbocycles. The van der Waals surface area contributed by atoms with Gasteiger partial charge in [0.1, 0.15) is 11.0 Å². The van der Waals surface area contributed by atoms with Gasteiger partial charge in [0.2, 0.25) is 0 Å². The zero-order valence-corrected chi connectivity index (χ0v) is 11.1. The largest absolute Gasteiger partial charge is 0.233 e. The van der Waals surface area contributed by atoms with Crippen molar-refractivity contribution in [3.05, 3.63) is 46.5 Å². The van der Waals surface area contributed by atoms with E-state index < -0.39 is 0 Å². The van der Waals surface area contributed by atoms with Crippen molar-refractivity contribution in [2.24, 2.45) is 0 Å². The Morgan fingerprint density at radius 1 is 1.17 bits per heavy atom. The molecular formula is C14H14ClFN2. The number of aryl methyl sites for hydroxylation is 2. The Morgan fingerprint density at radius 3 is 2.61 bits per heavy atom. The Labute approximate surface area is 111 Å². The smallest absolute Gasteiger partial charge is 0.161 e. The molecule has 2 nitrogen and oxygen atoms in total. The van der Waals surface area contributed by atoms with Crippen LogP contribution in [0, 0.1) is 12.7 Å². The average molecular weight is 265 g/mol. The van der Waals surface area contributed by atoms with Gasteiger partial charge >= 0.3 is 0 Å². The van der Waals surface area contributed by atoms with Crippen LogP contribution in [0.15, 0.2) is 24.3 Å². The minimum atomic E-state index is -0.286. The fraction of sp³-hybridized carbons (Fsp3) is 0.286. The number of benzene rings is 1. The highest BCUT2D eigenvalue weighted by Gasteiger charge is 2.07. The molecule has 0 bridgehead atoms. The molecule has 2 aromatic rings. The number of aromatic nitrogens is 2. The van der Waals surface area contributed by atoms with Crippen LogP contribution in [0.2, 0.25) is 5.15 Å². The second kappa shape index (κ2) is 5.44. The van der Waals surface area contributed by atoms with Crippen LogP contribution in [0.25, 0.3) is 11.4 Å². The summed E-state index contributed by atoms with van der Waals surface area (Å²) in [6.07, 6.45) is 1.82. The predicted octanol–water partition coefficient (Wildman–Crippen LogP) is 4.20. The number of halogens is 2. The molecular weight excluding hydrogens is 251 g/mol. The Hall–Kier alpha value is -1.48. The highest BCUT2D eigenvalue weighted by molar-refractivity contribution is 6.29. The van der Waals surface area contributed by atoms with Crippen LogP contribution in [0.5, 0.6) is 0 Å². The SMILES string of the molecule is CCCc1cc(Cl)nc(-c2cc(C)cc(F)c2)n1. The summed E-state index contributed by atoms with van der Waals surface area (Å²) >= 11 is 5.97. The standard InChI is InChI=1S/C14H14ClFN2/c1-3-4-12-8-13(15)18-14(17-12)10-5-9(2)6-11(16)7-10/h5-8H,3-4H2,1-2H3. The Bertz CT molecular complexity index is 549. The summed E-state index contributed by atoms with van der Waals surface area (Å²) < 4.78 is 13.4. The second-order valence-electron chi connectivity index (χ2n) is 4.27. The van der Waals surface area contributed by atoms with Crippen molar-refractivity contribution in [1.82, 2.24) is 9.97 Å². The highest BCUT2D eigenvalue weighted by atomic mass is 35.5. The number of nitrogens with zero attached hydrogens (tertiary/aromatic N) is 2. The molecule has 18 heavy (non-hydrogen) atoms. The lowest BCUT2D eigenvalue weighted by atomic mass is 10.1. The van der Waals surface area contributed by atoms with Crippen LogP contribution >= 0.6 is 11.6 Å². The lowest BCUT2D eigenvalue weighted by Crippen LogP contribution is -1.97. The predicted molar refractivity (Wildman–Crippen MR) is 71.2 cm³/mol. The molecule has 0 amide bonds. The lowest BCUT2D eigenvalue weighted by Gasteiger charge is -2.05. The van der Waals surface area contributed by atoms with E-state index in [-0.39, 0.29) is 5.82 Å². The maximum atomic E-state index is 13.4. The van der Waals surface area contributed by atoms with E-state index in [1.54, 1.807) is 6.07 Å². The topological polar surface area (TPSA) is 25.8 Å². The molecule has 0 saturated carbocycles. The van der Waals surface area contributed by atoms with Gasteiger partial charge in [0.15, 0.2) is 5.82 Å². The molecule has 1 aromatic heterocycles. The van der Waals surface area contributed by atoms with E-state index in [1.807, 2.05) is 13.0 Å². The van der Waals surface area contributed by atoms with Crippen molar-refractivity contribution in [2.75, 3.05) is 0 Å². The van der Waals surface area contributed by atoms with E-state index in [9.17, 15) is 4.39 Å². The molecule has 0 aliphatic carbocycles. The molecule has 94 valence electrons. The molecule has 0 unspecified atom stereocenters. The van der Waals surface area contributed by atoms with Gasteiger partial charge in [0, 0.05) is 11.3 Å². The van der Waals surface area contributed by atoms with E-state index in [2.05, 4.69) is 16.9 Å². The van der Waals surface area contributed by atoms with Crippen molar-refractivity contribution in [3.8, 4) is 11.4 Å². The van der Waals surface area contributed by atoms with Gasteiger partial charge in [0.25, 0.3) is 0 Å². The summed E-state index contributed by atoms with van der Waals surface area (Å²) in [7, 11) is 0. The van der Waals surface area contributed by atoms with Crippen LogP contribution in [0.3, 0.4) is 0 Å². The summed E-state index contributed by atoms with van der Waals surface area (Å²) in [6, 6.07) is 6.50. The summed E-state index contributed by atoms with van der Waals surface area (Å²) in [5.74, 6) is 0.194. The molecule has 4 heteroatoms. The maximum Gasteiger partial charge on any atom is 0.161 e. The zero-order valence-electron chi connectivity index (χ0n) is 10.4. The fourth-order valence-corrected chi connectivity index (χ4v) is 2.05. The van der Waals surface area contributed by atoms with Crippen molar-refractivity contribution in [2.45, 2.75) is 26.7 Å². The van der Waals surface area contributed by atoms with E-state index in [4.69, 9.17) is 11.6 Å². The fourth-order valence-electron chi connectivity index (χ4n) is 1.84. The third-order valence-electron chi connectivity index (χ3n) is 2.55. The van der Waals surface area contributed by atoms with Crippen LogP contribution < -0.4 is 0 Å². The minimum Gasteiger partial charge on any atom is -0.233 e. The number of hydrogen-bond donors (Lipinski definition) is 0. The van der Waals surface area contributed by atoms with Gasteiger partial charge in [-0.1, -0.05) is 24.9 Å².